The average Bonchev–Trinajstić information content (AvgIpc) is 2.96. The van der Waals surface area contributed by atoms with Crippen molar-refractivity contribution in [3.05, 3.63) is 29.8 Å². The second-order valence-electron chi connectivity index (χ2n) is 9.95. The highest BCUT2D eigenvalue weighted by Gasteiger charge is 2.34. The highest BCUT2D eigenvalue weighted by Crippen LogP contribution is 2.12. The molecule has 0 aliphatic rings. The average molecular weight is 641 g/mol. The summed E-state index contributed by atoms with van der Waals surface area (Å²) in [6.45, 7) is 0.404. The molecule has 15 N–H and O–H groups in total. The first-order valence-corrected chi connectivity index (χ1v) is 13.6. The maximum absolute atomic E-state index is 13.4. The number of phenolic OH excluding ortho intramolecular Hbond substituents is 1. The van der Waals surface area contributed by atoms with E-state index in [4.69, 9.17) is 22.3 Å². The lowest BCUT2D eigenvalue weighted by Crippen LogP contribution is -2.61. The van der Waals surface area contributed by atoms with E-state index in [-0.39, 0.29) is 37.5 Å². The Bertz CT molecular complexity index is 1220. The monoisotopic (exact) mass is 640 g/mol. The van der Waals surface area contributed by atoms with Gasteiger partial charge in [0.25, 0.3) is 0 Å². The number of aliphatic carboxylic acids is 2. The Hall–Kier alpha value is -5.01. The van der Waals surface area contributed by atoms with Crippen LogP contribution in [-0.2, 0) is 35.2 Å². The van der Waals surface area contributed by atoms with Crippen LogP contribution in [0.3, 0.4) is 0 Å². The van der Waals surface area contributed by atoms with Gasteiger partial charge in [0.1, 0.15) is 36.0 Å². The molecule has 0 fully saturated rings. The summed E-state index contributed by atoms with van der Waals surface area (Å²) in [6, 6.07) is -2.16. The lowest BCUT2D eigenvalue weighted by Gasteiger charge is -2.27. The summed E-state index contributed by atoms with van der Waals surface area (Å²) in [7, 11) is 0. The van der Waals surface area contributed by atoms with Crippen molar-refractivity contribution in [1.29, 1.82) is 0 Å². The van der Waals surface area contributed by atoms with Gasteiger partial charge >= 0.3 is 11.9 Å². The molecule has 0 unspecified atom stereocenters. The number of hydrogen-bond acceptors (Lipinski definition) is 11. The van der Waals surface area contributed by atoms with Crippen LogP contribution >= 0.6 is 0 Å². The molecule has 4 amide bonds. The summed E-state index contributed by atoms with van der Waals surface area (Å²) in [5.41, 5.74) is 16.7. The first-order chi connectivity index (χ1) is 21.0. The number of aromatic hydroxyl groups is 1. The number of aliphatic imine (C=N–C) groups is 1. The fourth-order valence-corrected chi connectivity index (χ4v) is 3.78. The van der Waals surface area contributed by atoms with Gasteiger partial charge in [0.2, 0.25) is 23.6 Å². The molecule has 0 saturated carbocycles. The van der Waals surface area contributed by atoms with Crippen molar-refractivity contribution in [2.24, 2.45) is 22.2 Å². The van der Waals surface area contributed by atoms with Gasteiger partial charge in [-0.05, 0) is 37.5 Å². The van der Waals surface area contributed by atoms with Crippen LogP contribution in [0.1, 0.15) is 31.7 Å². The summed E-state index contributed by atoms with van der Waals surface area (Å²) in [6.07, 6.45) is -2.75. The Morgan fingerprint density at radius 3 is 1.91 bits per heavy atom. The summed E-state index contributed by atoms with van der Waals surface area (Å²) >= 11 is 0. The molecular formula is C26H40N8O11. The number of aliphatic hydroxyl groups is 2. The molecule has 0 saturated heterocycles. The standard InChI is InChI=1S/C26H40N8O11/c1-12(36)20(24(43)33-18(25(44)45)10-19(38)39)34-22(41)16(3-2-8-30-26(28)29)31-23(42)17(32-21(40)15(27)11-35)9-13-4-6-14(37)7-5-13/h4-7,12,15-18,20,35-37H,2-3,8-11,27H2,1H3,(H,31,42)(H,32,40)(H,33,43)(H,34,41)(H,38,39)(H,44,45)(H4,28,29,30)/t12-,15+,16+,17+,18+,20+/m1/s1. The van der Waals surface area contributed by atoms with E-state index in [0.29, 0.717) is 5.56 Å². The minimum atomic E-state index is -1.88. The third-order valence-electron chi connectivity index (χ3n) is 6.18. The summed E-state index contributed by atoms with van der Waals surface area (Å²) in [5.74, 6) is -7.50. The Balaban J connectivity index is 3.27. The number of nitrogens with zero attached hydrogens (tertiary/aromatic N) is 1. The molecule has 0 radical (unpaired) electrons. The molecule has 0 heterocycles. The van der Waals surface area contributed by atoms with E-state index in [1.807, 2.05) is 5.32 Å². The zero-order valence-electron chi connectivity index (χ0n) is 24.4. The second kappa shape index (κ2) is 18.6. The normalized spacial score (nSPS) is 14.8. The van der Waals surface area contributed by atoms with Crippen molar-refractivity contribution in [2.45, 2.75) is 68.9 Å². The highest BCUT2D eigenvalue weighted by atomic mass is 16.4. The quantitative estimate of drug-likeness (QED) is 0.0383. The van der Waals surface area contributed by atoms with Crippen LogP contribution in [0.25, 0.3) is 0 Å². The third kappa shape index (κ3) is 13.9. The Labute approximate surface area is 257 Å². The number of phenols is 1. The fourth-order valence-electron chi connectivity index (χ4n) is 3.78. The molecule has 1 aromatic carbocycles. The van der Waals surface area contributed by atoms with E-state index in [1.54, 1.807) is 0 Å². The predicted molar refractivity (Wildman–Crippen MR) is 156 cm³/mol. The molecule has 19 heteroatoms. The van der Waals surface area contributed by atoms with Crippen molar-refractivity contribution < 1.29 is 54.3 Å². The number of guanidine groups is 1. The fraction of sp³-hybridized carbons (Fsp3) is 0.500. The van der Waals surface area contributed by atoms with Crippen LogP contribution in [-0.4, -0.2) is 117 Å². The topological polar surface area (TPSA) is 342 Å². The van der Waals surface area contributed by atoms with Crippen LogP contribution < -0.4 is 38.5 Å². The van der Waals surface area contributed by atoms with E-state index in [0.717, 1.165) is 6.92 Å². The molecule has 0 bridgehead atoms. The second-order valence-corrected chi connectivity index (χ2v) is 9.95. The first kappa shape index (κ1) is 38.0. The molecule has 19 nitrogen and oxygen atoms in total. The van der Waals surface area contributed by atoms with Gasteiger partial charge < -0.3 is 64.0 Å². The molecule has 45 heavy (non-hydrogen) atoms. The Kier molecular flexibility index (Phi) is 15.7. The molecule has 1 aromatic rings. The number of amides is 4. The summed E-state index contributed by atoms with van der Waals surface area (Å²) < 4.78 is 0. The molecule has 0 aliphatic heterocycles. The van der Waals surface area contributed by atoms with Crippen LogP contribution in [0.2, 0.25) is 0 Å². The minimum absolute atomic E-state index is 0.0246. The van der Waals surface area contributed by atoms with Crippen molar-refractivity contribution in [1.82, 2.24) is 21.3 Å². The number of carbonyl (C=O) groups is 6. The first-order valence-electron chi connectivity index (χ1n) is 13.6. The maximum atomic E-state index is 13.4. The SMILES string of the molecule is C[C@@H](O)[C@H](NC(=O)[C@H](CCCN=C(N)N)NC(=O)[C@H](Cc1ccc(O)cc1)NC(=O)[C@@H](N)CO)C(=O)N[C@@H](CC(=O)O)C(=O)O. The smallest absolute Gasteiger partial charge is 0.326 e. The van der Waals surface area contributed by atoms with Gasteiger partial charge in [0, 0.05) is 13.0 Å². The number of carbonyl (C=O) groups excluding carboxylic acids is 4. The van der Waals surface area contributed by atoms with Crippen LogP contribution in [0.15, 0.2) is 29.3 Å². The number of aliphatic hydroxyl groups excluding tert-OH is 2. The molecular weight excluding hydrogens is 600 g/mol. The lowest BCUT2D eigenvalue weighted by atomic mass is 10.0. The van der Waals surface area contributed by atoms with Crippen molar-refractivity contribution in [2.75, 3.05) is 13.2 Å². The molecule has 6 atom stereocenters. The number of carboxylic acids is 2. The highest BCUT2D eigenvalue weighted by molar-refractivity contribution is 5.96. The van der Waals surface area contributed by atoms with Crippen LogP contribution in [0.4, 0.5) is 0 Å². The van der Waals surface area contributed by atoms with Gasteiger partial charge in [-0.25, -0.2) is 4.79 Å². The van der Waals surface area contributed by atoms with Gasteiger partial charge in [0.15, 0.2) is 5.96 Å². The van der Waals surface area contributed by atoms with Gasteiger partial charge in [-0.15, -0.1) is 0 Å². The van der Waals surface area contributed by atoms with Crippen molar-refractivity contribution >= 4 is 41.5 Å². The number of benzene rings is 1. The number of hydrogen-bond donors (Lipinski definition) is 12. The van der Waals surface area contributed by atoms with Crippen molar-refractivity contribution in [3.63, 3.8) is 0 Å². The van der Waals surface area contributed by atoms with E-state index in [2.05, 4.69) is 20.9 Å². The molecule has 1 rings (SSSR count). The van der Waals surface area contributed by atoms with E-state index < -0.39 is 84.9 Å². The lowest BCUT2D eigenvalue weighted by molar-refractivity contribution is -0.148. The third-order valence-corrected chi connectivity index (χ3v) is 6.18. The van der Waals surface area contributed by atoms with Gasteiger partial charge in [-0.2, -0.15) is 0 Å². The van der Waals surface area contributed by atoms with Gasteiger partial charge in [0.05, 0.1) is 19.1 Å². The molecule has 0 spiro atoms. The largest absolute Gasteiger partial charge is 0.508 e. The number of nitrogens with two attached hydrogens (primary N) is 3. The van der Waals surface area contributed by atoms with Crippen LogP contribution in [0.5, 0.6) is 5.75 Å². The number of rotatable bonds is 19. The molecule has 0 aromatic heterocycles. The Morgan fingerprint density at radius 2 is 1.40 bits per heavy atom. The van der Waals surface area contributed by atoms with E-state index in [9.17, 15) is 49.2 Å². The zero-order valence-corrected chi connectivity index (χ0v) is 24.4. The number of carboxylic acid groups (broad SMARTS) is 2. The Morgan fingerprint density at radius 1 is 0.844 bits per heavy atom. The van der Waals surface area contributed by atoms with E-state index >= 15 is 0 Å². The van der Waals surface area contributed by atoms with E-state index in [1.165, 1.54) is 24.3 Å². The number of nitrogens with one attached hydrogen (secondary N) is 4. The molecule has 0 aliphatic carbocycles. The van der Waals surface area contributed by atoms with Gasteiger partial charge in [-0.3, -0.25) is 29.0 Å². The predicted octanol–water partition coefficient (Wildman–Crippen LogP) is -4.81. The summed E-state index contributed by atoms with van der Waals surface area (Å²) in [5, 5.41) is 56.2. The van der Waals surface area contributed by atoms with Crippen LogP contribution in [0, 0.1) is 0 Å². The minimum Gasteiger partial charge on any atom is -0.508 e. The molecule has 250 valence electrons. The summed E-state index contributed by atoms with van der Waals surface area (Å²) in [4.78, 5) is 78.1. The zero-order chi connectivity index (χ0) is 34.3. The maximum Gasteiger partial charge on any atom is 0.326 e. The van der Waals surface area contributed by atoms with Crippen molar-refractivity contribution in [3.8, 4) is 5.75 Å². The van der Waals surface area contributed by atoms with Gasteiger partial charge in [-0.1, -0.05) is 12.1 Å².